The molecule has 0 saturated carbocycles. The fourth-order valence-corrected chi connectivity index (χ4v) is 3.05. The normalized spacial score (nSPS) is 17.5. The number of rotatable bonds is 2. The Kier molecular flexibility index (Phi) is 4.39. The van der Waals surface area contributed by atoms with E-state index in [1.54, 1.807) is 23.1 Å². The molecule has 2 heterocycles. The third-order valence-electron chi connectivity index (χ3n) is 3.68. The number of H-pyrrole nitrogens is 1. The highest BCUT2D eigenvalue weighted by molar-refractivity contribution is 6.35. The van der Waals surface area contributed by atoms with Gasteiger partial charge in [-0.1, -0.05) is 23.2 Å². The van der Waals surface area contributed by atoms with Crippen LogP contribution < -0.4 is 11.3 Å². The van der Waals surface area contributed by atoms with E-state index in [0.717, 1.165) is 6.42 Å². The van der Waals surface area contributed by atoms with E-state index in [4.69, 9.17) is 28.9 Å². The molecule has 120 valence electrons. The molecule has 1 aromatic heterocycles. The van der Waals surface area contributed by atoms with Crippen LogP contribution in [0.2, 0.25) is 10.0 Å². The SMILES string of the molecule is NC1CCN(C(=O)c2cnc(-c3cc(Cl)cc(Cl)c3)[nH]c2=O)C1. The number of amides is 1. The molecule has 0 bridgehead atoms. The van der Waals surface area contributed by atoms with Gasteiger partial charge in [0.25, 0.3) is 11.5 Å². The van der Waals surface area contributed by atoms with Gasteiger partial charge in [0.2, 0.25) is 0 Å². The highest BCUT2D eigenvalue weighted by Crippen LogP contribution is 2.24. The Bertz CT molecular complexity index is 801. The molecule has 0 radical (unpaired) electrons. The van der Waals surface area contributed by atoms with Crippen LogP contribution in [0.15, 0.2) is 29.2 Å². The molecule has 0 aliphatic carbocycles. The maximum absolute atomic E-state index is 12.3. The lowest BCUT2D eigenvalue weighted by atomic mass is 10.2. The Morgan fingerprint density at radius 1 is 1.30 bits per heavy atom. The zero-order valence-corrected chi connectivity index (χ0v) is 13.6. The molecule has 1 aliphatic heterocycles. The van der Waals surface area contributed by atoms with Crippen molar-refractivity contribution in [3.8, 4) is 11.4 Å². The van der Waals surface area contributed by atoms with Gasteiger partial charge < -0.3 is 15.6 Å². The van der Waals surface area contributed by atoms with Crippen molar-refractivity contribution in [2.24, 2.45) is 5.73 Å². The Balaban J connectivity index is 1.92. The second kappa shape index (κ2) is 6.31. The van der Waals surface area contributed by atoms with Gasteiger partial charge in [-0.25, -0.2) is 4.98 Å². The molecule has 1 unspecified atom stereocenters. The highest BCUT2D eigenvalue weighted by Gasteiger charge is 2.26. The predicted octanol–water partition coefficient (Wildman–Crippen LogP) is 1.92. The smallest absolute Gasteiger partial charge is 0.264 e. The summed E-state index contributed by atoms with van der Waals surface area (Å²) >= 11 is 11.9. The molecule has 1 atom stereocenters. The number of hydrogen-bond donors (Lipinski definition) is 2. The van der Waals surface area contributed by atoms with E-state index in [1.165, 1.54) is 6.20 Å². The van der Waals surface area contributed by atoms with E-state index in [-0.39, 0.29) is 17.5 Å². The van der Waals surface area contributed by atoms with Crippen molar-refractivity contribution in [1.29, 1.82) is 0 Å². The molecular formula is C15H14Cl2N4O2. The monoisotopic (exact) mass is 352 g/mol. The number of carbonyl (C=O) groups excluding carboxylic acids is 1. The zero-order chi connectivity index (χ0) is 16.6. The van der Waals surface area contributed by atoms with E-state index in [2.05, 4.69) is 9.97 Å². The van der Waals surface area contributed by atoms with Gasteiger partial charge in [0.05, 0.1) is 0 Å². The maximum atomic E-state index is 12.3. The number of carbonyl (C=O) groups is 1. The zero-order valence-electron chi connectivity index (χ0n) is 12.1. The van der Waals surface area contributed by atoms with Crippen molar-refractivity contribution in [1.82, 2.24) is 14.9 Å². The van der Waals surface area contributed by atoms with Gasteiger partial charge in [0.1, 0.15) is 11.4 Å². The average molecular weight is 353 g/mol. The number of halogens is 2. The number of aromatic amines is 1. The van der Waals surface area contributed by atoms with Gasteiger partial charge in [-0.05, 0) is 24.6 Å². The van der Waals surface area contributed by atoms with Crippen LogP contribution in [0.4, 0.5) is 0 Å². The van der Waals surface area contributed by atoms with E-state index in [9.17, 15) is 9.59 Å². The van der Waals surface area contributed by atoms with Gasteiger partial charge in [0, 0.05) is 40.9 Å². The largest absolute Gasteiger partial charge is 0.337 e. The summed E-state index contributed by atoms with van der Waals surface area (Å²) in [6.07, 6.45) is 2.01. The van der Waals surface area contributed by atoms with Crippen LogP contribution in [0, 0.1) is 0 Å². The third kappa shape index (κ3) is 3.39. The minimum absolute atomic E-state index is 0.00373. The van der Waals surface area contributed by atoms with Crippen molar-refractivity contribution in [2.45, 2.75) is 12.5 Å². The highest BCUT2D eigenvalue weighted by atomic mass is 35.5. The Hall–Kier alpha value is -1.89. The van der Waals surface area contributed by atoms with E-state index in [1.807, 2.05) is 0 Å². The van der Waals surface area contributed by atoms with Crippen LogP contribution in [0.3, 0.4) is 0 Å². The van der Waals surface area contributed by atoms with Crippen LogP contribution >= 0.6 is 23.2 Å². The molecule has 3 rings (SSSR count). The molecule has 1 aliphatic rings. The quantitative estimate of drug-likeness (QED) is 0.863. The van der Waals surface area contributed by atoms with E-state index >= 15 is 0 Å². The topological polar surface area (TPSA) is 92.1 Å². The van der Waals surface area contributed by atoms with Crippen molar-refractivity contribution in [2.75, 3.05) is 13.1 Å². The average Bonchev–Trinajstić information content (AvgIpc) is 2.92. The van der Waals surface area contributed by atoms with Crippen LogP contribution in [0.25, 0.3) is 11.4 Å². The van der Waals surface area contributed by atoms with Crippen molar-refractivity contribution >= 4 is 29.1 Å². The van der Waals surface area contributed by atoms with Crippen LogP contribution in [-0.4, -0.2) is 39.9 Å². The van der Waals surface area contributed by atoms with Gasteiger partial charge in [-0.2, -0.15) is 0 Å². The third-order valence-corrected chi connectivity index (χ3v) is 4.11. The number of nitrogens with zero attached hydrogens (tertiary/aromatic N) is 2. The van der Waals surface area contributed by atoms with E-state index < -0.39 is 5.56 Å². The van der Waals surface area contributed by atoms with Crippen molar-refractivity contribution in [3.63, 3.8) is 0 Å². The summed E-state index contributed by atoms with van der Waals surface area (Å²) in [5, 5.41) is 0.864. The molecule has 1 amide bonds. The first-order valence-electron chi connectivity index (χ1n) is 7.04. The lowest BCUT2D eigenvalue weighted by molar-refractivity contribution is 0.0788. The second-order valence-corrected chi connectivity index (χ2v) is 6.31. The van der Waals surface area contributed by atoms with Gasteiger partial charge in [-0.3, -0.25) is 9.59 Å². The summed E-state index contributed by atoms with van der Waals surface area (Å²) in [5.41, 5.74) is 5.85. The summed E-state index contributed by atoms with van der Waals surface area (Å²) in [6, 6.07) is 4.80. The number of likely N-dealkylation sites (tertiary alicyclic amines) is 1. The maximum Gasteiger partial charge on any atom is 0.264 e. The number of hydrogen-bond acceptors (Lipinski definition) is 4. The van der Waals surface area contributed by atoms with Crippen LogP contribution in [-0.2, 0) is 0 Å². The summed E-state index contributed by atoms with van der Waals surface area (Å²) in [4.78, 5) is 32.9. The minimum atomic E-state index is -0.503. The van der Waals surface area contributed by atoms with Gasteiger partial charge in [0.15, 0.2) is 0 Å². The fraction of sp³-hybridized carbons (Fsp3) is 0.267. The fourth-order valence-electron chi connectivity index (χ4n) is 2.53. The van der Waals surface area contributed by atoms with E-state index in [0.29, 0.717) is 34.5 Å². The molecule has 0 spiro atoms. The Labute approximate surface area is 142 Å². The number of benzene rings is 1. The summed E-state index contributed by atoms with van der Waals surface area (Å²) in [6.45, 7) is 0.995. The molecule has 8 heteroatoms. The molecule has 2 aromatic rings. The predicted molar refractivity (Wildman–Crippen MR) is 88.8 cm³/mol. The lowest BCUT2D eigenvalue weighted by Crippen LogP contribution is -2.35. The molecule has 3 N–H and O–H groups in total. The first-order chi connectivity index (χ1) is 10.9. The first kappa shape index (κ1) is 16.0. The first-order valence-corrected chi connectivity index (χ1v) is 7.80. The molecule has 23 heavy (non-hydrogen) atoms. The van der Waals surface area contributed by atoms with Gasteiger partial charge >= 0.3 is 0 Å². The van der Waals surface area contributed by atoms with Crippen LogP contribution in [0.1, 0.15) is 16.8 Å². The molecule has 1 saturated heterocycles. The Morgan fingerprint density at radius 2 is 2.00 bits per heavy atom. The summed E-state index contributed by atoms with van der Waals surface area (Å²) in [5.74, 6) is -0.0588. The standard InChI is InChI=1S/C15H14Cl2N4O2/c16-9-3-8(4-10(17)5-9)13-19-6-12(14(22)20-13)15(23)21-2-1-11(18)7-21/h3-6,11H,1-2,7,18H2,(H,19,20,22). The number of aromatic nitrogens is 2. The molecular weight excluding hydrogens is 339 g/mol. The van der Waals surface area contributed by atoms with Crippen LogP contribution in [0.5, 0.6) is 0 Å². The number of nitrogens with one attached hydrogen (secondary N) is 1. The molecule has 6 nitrogen and oxygen atoms in total. The minimum Gasteiger partial charge on any atom is -0.337 e. The molecule has 1 aromatic carbocycles. The molecule has 1 fully saturated rings. The number of nitrogens with two attached hydrogens (primary N) is 1. The van der Waals surface area contributed by atoms with Crippen molar-refractivity contribution < 1.29 is 4.79 Å². The lowest BCUT2D eigenvalue weighted by Gasteiger charge is -2.15. The summed E-state index contributed by atoms with van der Waals surface area (Å²) < 4.78 is 0. The van der Waals surface area contributed by atoms with Gasteiger partial charge in [-0.15, -0.1) is 0 Å². The van der Waals surface area contributed by atoms with Crippen molar-refractivity contribution in [3.05, 3.63) is 50.4 Å². The summed E-state index contributed by atoms with van der Waals surface area (Å²) in [7, 11) is 0. The second-order valence-electron chi connectivity index (χ2n) is 5.43. The Morgan fingerprint density at radius 3 is 2.57 bits per heavy atom.